The fraction of sp³-hybridized carbons (Fsp3) is 0.238. The Kier molecular flexibility index (Phi) is 4.52. The van der Waals surface area contributed by atoms with E-state index in [0.717, 1.165) is 10.9 Å². The Hall–Kier alpha value is -3.32. The number of aliphatic hydroxyl groups is 1. The number of hydrogen-bond acceptors (Lipinski definition) is 5. The predicted molar refractivity (Wildman–Crippen MR) is 105 cm³/mol. The van der Waals surface area contributed by atoms with Crippen LogP contribution in [-0.2, 0) is 9.59 Å². The lowest BCUT2D eigenvalue weighted by Gasteiger charge is -2.24. The van der Waals surface area contributed by atoms with Crippen LogP contribution in [0.2, 0.25) is 0 Å². The smallest absolute Gasteiger partial charge is 0.295 e. The van der Waals surface area contributed by atoms with Gasteiger partial charge in [-0.1, -0.05) is 18.2 Å². The lowest BCUT2D eigenvalue weighted by molar-refractivity contribution is -0.140. The van der Waals surface area contributed by atoms with Crippen LogP contribution in [0.4, 0.5) is 0 Å². The molecule has 1 amide bonds. The molecule has 1 fully saturated rings. The van der Waals surface area contributed by atoms with Crippen LogP contribution in [0, 0.1) is 0 Å². The number of aromatic amines is 1. The number of Topliss-reactive ketones (excluding diaryl/α,β-unsaturated/α-hetero) is 1. The summed E-state index contributed by atoms with van der Waals surface area (Å²) < 4.78 is 5.52. The highest BCUT2D eigenvalue weighted by atomic mass is 16.3. The van der Waals surface area contributed by atoms with Gasteiger partial charge in [0.05, 0.1) is 11.8 Å². The molecule has 2 N–H and O–H groups in total. The number of aliphatic hydroxyl groups excluding tert-OH is 1. The van der Waals surface area contributed by atoms with Gasteiger partial charge in [0.25, 0.3) is 11.7 Å². The number of benzene rings is 1. The van der Waals surface area contributed by atoms with Crippen molar-refractivity contribution in [2.24, 2.45) is 0 Å². The monoisotopic (exact) mass is 379 g/mol. The number of para-hydroxylation sites is 1. The molecule has 0 unspecified atom stereocenters. The maximum Gasteiger partial charge on any atom is 0.295 e. The number of rotatable bonds is 5. The highest BCUT2D eigenvalue weighted by Crippen LogP contribution is 2.40. The zero-order valence-corrected chi connectivity index (χ0v) is 15.7. The summed E-state index contributed by atoms with van der Waals surface area (Å²) in [5, 5.41) is 11.8. The summed E-state index contributed by atoms with van der Waals surface area (Å²) in [6, 6.07) is 10.1. The van der Waals surface area contributed by atoms with Crippen LogP contribution in [0.25, 0.3) is 16.7 Å². The molecule has 1 saturated heterocycles. The fourth-order valence-electron chi connectivity index (χ4n) is 3.57. The molecule has 0 spiro atoms. The summed E-state index contributed by atoms with van der Waals surface area (Å²) in [5.41, 5.74) is 1.36. The molecule has 3 heterocycles. The zero-order chi connectivity index (χ0) is 19.8. The van der Waals surface area contributed by atoms with Crippen molar-refractivity contribution in [3.63, 3.8) is 0 Å². The predicted octanol–water partition coefficient (Wildman–Crippen LogP) is 2.74. The quantitative estimate of drug-likeness (QED) is 0.404. The van der Waals surface area contributed by atoms with Crippen LogP contribution in [-0.4, -0.2) is 58.8 Å². The molecule has 1 aromatic carbocycles. The minimum atomic E-state index is -0.761. The second-order valence-electron chi connectivity index (χ2n) is 7.06. The van der Waals surface area contributed by atoms with E-state index in [9.17, 15) is 14.7 Å². The SMILES string of the molecule is CN(C)CCN1C(=O)C(=O)C(=C(O)c2c[nH]c3ccccc23)[C@@H]1c1ccco1. The van der Waals surface area contributed by atoms with Gasteiger partial charge in [0, 0.05) is 35.8 Å². The molecule has 7 nitrogen and oxygen atoms in total. The number of aromatic nitrogens is 1. The average molecular weight is 379 g/mol. The number of likely N-dealkylation sites (N-methyl/N-ethyl adjacent to an activating group) is 1. The van der Waals surface area contributed by atoms with E-state index in [1.54, 1.807) is 18.3 Å². The largest absolute Gasteiger partial charge is 0.507 e. The summed E-state index contributed by atoms with van der Waals surface area (Å²) >= 11 is 0. The standard InChI is InChI=1S/C21H21N3O4/c1-23(2)9-10-24-18(16-8-5-11-28-16)17(20(26)21(24)27)19(25)14-12-22-15-7-4-3-6-13(14)15/h3-8,11-12,18,22,25H,9-10H2,1-2H3/t18-/m0/s1. The lowest BCUT2D eigenvalue weighted by Crippen LogP contribution is -2.35. The minimum absolute atomic E-state index is 0.0449. The highest BCUT2D eigenvalue weighted by Gasteiger charge is 2.47. The Labute approximate surface area is 161 Å². The summed E-state index contributed by atoms with van der Waals surface area (Å²) in [5.74, 6) is -1.10. The summed E-state index contributed by atoms with van der Waals surface area (Å²) in [7, 11) is 3.79. The Morgan fingerprint density at radius 3 is 2.71 bits per heavy atom. The number of amides is 1. The van der Waals surface area contributed by atoms with E-state index >= 15 is 0 Å². The second-order valence-corrected chi connectivity index (χ2v) is 7.06. The molecule has 1 aliphatic heterocycles. The lowest BCUT2D eigenvalue weighted by atomic mass is 9.99. The van der Waals surface area contributed by atoms with Crippen LogP contribution >= 0.6 is 0 Å². The van der Waals surface area contributed by atoms with Crippen LogP contribution in [0.3, 0.4) is 0 Å². The second kappa shape index (κ2) is 7.01. The number of nitrogens with zero attached hydrogens (tertiary/aromatic N) is 2. The first kappa shape index (κ1) is 18.1. The zero-order valence-electron chi connectivity index (χ0n) is 15.7. The first-order valence-electron chi connectivity index (χ1n) is 9.02. The molecule has 7 heteroatoms. The Morgan fingerprint density at radius 1 is 1.21 bits per heavy atom. The van der Waals surface area contributed by atoms with Gasteiger partial charge in [0.15, 0.2) is 0 Å². The maximum atomic E-state index is 12.9. The van der Waals surface area contributed by atoms with Crippen molar-refractivity contribution in [1.29, 1.82) is 0 Å². The van der Waals surface area contributed by atoms with Gasteiger partial charge in [-0.3, -0.25) is 9.59 Å². The molecule has 1 atom stereocenters. The van der Waals surface area contributed by atoms with E-state index in [-0.39, 0.29) is 11.3 Å². The first-order chi connectivity index (χ1) is 13.5. The third-order valence-corrected chi connectivity index (χ3v) is 4.99. The van der Waals surface area contributed by atoms with Gasteiger partial charge < -0.3 is 24.3 Å². The van der Waals surface area contributed by atoms with E-state index in [1.807, 2.05) is 43.3 Å². The summed E-state index contributed by atoms with van der Waals surface area (Å²) in [6.07, 6.45) is 3.14. The van der Waals surface area contributed by atoms with Gasteiger partial charge >= 0.3 is 0 Å². The third-order valence-electron chi connectivity index (χ3n) is 4.99. The molecule has 0 bridgehead atoms. The number of fused-ring (bicyclic) bond motifs is 1. The molecule has 28 heavy (non-hydrogen) atoms. The number of hydrogen-bond donors (Lipinski definition) is 2. The highest BCUT2D eigenvalue weighted by molar-refractivity contribution is 6.46. The van der Waals surface area contributed by atoms with Crippen LogP contribution < -0.4 is 0 Å². The van der Waals surface area contributed by atoms with Gasteiger partial charge in [-0.05, 0) is 32.3 Å². The topological polar surface area (TPSA) is 89.8 Å². The van der Waals surface area contributed by atoms with Crippen molar-refractivity contribution in [3.05, 3.63) is 65.8 Å². The molecule has 0 aliphatic carbocycles. The third kappa shape index (κ3) is 2.90. The number of nitrogens with one attached hydrogen (secondary N) is 1. The number of carbonyl (C=O) groups is 2. The van der Waals surface area contributed by atoms with Gasteiger partial charge in [-0.2, -0.15) is 0 Å². The molecular weight excluding hydrogens is 358 g/mol. The Balaban J connectivity index is 1.86. The fourth-order valence-corrected chi connectivity index (χ4v) is 3.57. The molecular formula is C21H21N3O4. The van der Waals surface area contributed by atoms with Crippen molar-refractivity contribution < 1.29 is 19.1 Å². The average Bonchev–Trinajstić information content (AvgIpc) is 3.39. The molecule has 0 radical (unpaired) electrons. The Morgan fingerprint density at radius 2 is 2.00 bits per heavy atom. The van der Waals surface area contributed by atoms with Gasteiger partial charge in [0.2, 0.25) is 0 Å². The van der Waals surface area contributed by atoms with E-state index in [0.29, 0.717) is 24.4 Å². The first-order valence-corrected chi connectivity index (χ1v) is 9.02. The van der Waals surface area contributed by atoms with Crippen LogP contribution in [0.1, 0.15) is 17.4 Å². The summed E-state index contributed by atoms with van der Waals surface area (Å²) in [6.45, 7) is 0.922. The van der Waals surface area contributed by atoms with Crippen molar-refractivity contribution in [1.82, 2.24) is 14.8 Å². The van der Waals surface area contributed by atoms with Crippen molar-refractivity contribution in [2.45, 2.75) is 6.04 Å². The molecule has 1 aliphatic rings. The van der Waals surface area contributed by atoms with E-state index in [4.69, 9.17) is 4.42 Å². The van der Waals surface area contributed by atoms with E-state index in [1.165, 1.54) is 11.2 Å². The van der Waals surface area contributed by atoms with E-state index in [2.05, 4.69) is 4.98 Å². The molecule has 3 aromatic rings. The molecule has 2 aromatic heterocycles. The van der Waals surface area contributed by atoms with Gasteiger partial charge in [-0.25, -0.2) is 0 Å². The minimum Gasteiger partial charge on any atom is -0.507 e. The van der Waals surface area contributed by atoms with Gasteiger partial charge in [-0.15, -0.1) is 0 Å². The Bertz CT molecular complexity index is 1060. The number of furan rings is 1. The van der Waals surface area contributed by atoms with Crippen molar-refractivity contribution in [2.75, 3.05) is 27.2 Å². The van der Waals surface area contributed by atoms with Crippen molar-refractivity contribution in [3.8, 4) is 0 Å². The summed E-state index contributed by atoms with van der Waals surface area (Å²) in [4.78, 5) is 32.1. The number of H-pyrrole nitrogens is 1. The maximum absolute atomic E-state index is 12.9. The normalized spacial score (nSPS) is 19.2. The van der Waals surface area contributed by atoms with E-state index < -0.39 is 17.7 Å². The number of carbonyl (C=O) groups excluding carboxylic acids is 2. The molecule has 144 valence electrons. The van der Waals surface area contributed by atoms with Crippen LogP contribution in [0.5, 0.6) is 0 Å². The van der Waals surface area contributed by atoms with Crippen molar-refractivity contribution >= 4 is 28.4 Å². The number of ketones is 1. The number of likely N-dealkylation sites (tertiary alicyclic amines) is 1. The molecule has 0 saturated carbocycles. The van der Waals surface area contributed by atoms with Gasteiger partial charge in [0.1, 0.15) is 17.6 Å². The van der Waals surface area contributed by atoms with Crippen LogP contribution in [0.15, 0.2) is 58.8 Å². The molecule has 4 rings (SSSR count).